The first-order chi connectivity index (χ1) is 35.1. The second-order valence-corrected chi connectivity index (χ2v) is 18.8. The molecular weight excluding hydrogens is 913 g/mol. The van der Waals surface area contributed by atoms with Gasteiger partial charge in [0.2, 0.25) is 0 Å². The summed E-state index contributed by atoms with van der Waals surface area (Å²) < 4.78 is 61.8. The Morgan fingerprint density at radius 3 is 1.08 bits per heavy atom. The first kappa shape index (κ1) is 50.4. The van der Waals surface area contributed by atoms with Crippen LogP contribution in [0.5, 0.6) is 0 Å². The Morgan fingerprint density at radius 1 is 0.352 bits per heavy atom. The Bertz CT molecular complexity index is 2530. The summed E-state index contributed by atoms with van der Waals surface area (Å²) in [6.07, 6.45) is -7.96. The van der Waals surface area contributed by atoms with Crippen LogP contribution in [0.2, 0.25) is 0 Å². The number of thioether (sulfide) groups is 1. The molecular formula is C60H62O10S. The van der Waals surface area contributed by atoms with E-state index in [1.807, 2.05) is 212 Å². The van der Waals surface area contributed by atoms with Crippen LogP contribution in [0.15, 0.2) is 217 Å². The fourth-order valence-electron chi connectivity index (χ4n) is 8.77. The lowest BCUT2D eigenvalue weighted by Gasteiger charge is -2.49. The monoisotopic (exact) mass is 974 g/mol. The summed E-state index contributed by atoms with van der Waals surface area (Å²) in [5.41, 5.74) is 5.22. The van der Waals surface area contributed by atoms with Crippen molar-refractivity contribution in [3.05, 3.63) is 246 Å². The molecule has 10 unspecified atom stereocenters. The molecule has 368 valence electrons. The van der Waals surface area contributed by atoms with Crippen molar-refractivity contribution in [2.75, 3.05) is 13.2 Å². The molecule has 9 rings (SSSR count). The van der Waals surface area contributed by atoms with Gasteiger partial charge in [-0.25, -0.2) is 0 Å². The van der Waals surface area contributed by atoms with Crippen molar-refractivity contribution in [3.63, 3.8) is 0 Å². The number of hydrogen-bond donors (Lipinski definition) is 1. The molecule has 71 heavy (non-hydrogen) atoms. The van der Waals surface area contributed by atoms with Crippen LogP contribution in [0.25, 0.3) is 0 Å². The number of hydrogen-bond acceptors (Lipinski definition) is 11. The number of aliphatic hydroxyl groups excluding tert-OH is 1. The van der Waals surface area contributed by atoms with Crippen LogP contribution >= 0.6 is 11.8 Å². The lowest BCUT2D eigenvalue weighted by molar-refractivity contribution is -0.350. The van der Waals surface area contributed by atoms with Gasteiger partial charge in [-0.15, -0.1) is 0 Å². The van der Waals surface area contributed by atoms with Crippen molar-refractivity contribution in [1.82, 2.24) is 0 Å². The molecule has 0 radical (unpaired) electrons. The standard InChI is InChI=1S/C60H62O10S/c61-53-56(66-40-48-30-16-5-17-31-48)54(64-38-46-26-12-3-13-27-46)51(42-62-36-44-22-8-1-9-23-44)68-59(53)70-58-57(67-41-49-32-18-6-19-33-49)55(65-39-47-28-14-4-15-29-47)52(43-63-37-45-24-10-2-11-25-45)69-60(58)71-50-34-20-7-21-35-50/h1-35,51-61H,36-43H2. The van der Waals surface area contributed by atoms with Crippen LogP contribution in [0.1, 0.15) is 33.4 Å². The third kappa shape index (κ3) is 14.8. The molecule has 10 nitrogen and oxygen atoms in total. The number of ether oxygens (including phenoxy) is 9. The van der Waals surface area contributed by atoms with Crippen LogP contribution in [-0.4, -0.2) is 78.9 Å². The number of rotatable bonds is 24. The van der Waals surface area contributed by atoms with E-state index in [0.29, 0.717) is 13.2 Å². The maximum Gasteiger partial charge on any atom is 0.187 e. The van der Waals surface area contributed by atoms with E-state index in [9.17, 15) is 5.11 Å². The predicted molar refractivity (Wildman–Crippen MR) is 273 cm³/mol. The fraction of sp³-hybridized carbons (Fsp3) is 0.300. The molecule has 2 heterocycles. The van der Waals surface area contributed by atoms with Crippen molar-refractivity contribution in [2.45, 2.75) is 105 Å². The highest BCUT2D eigenvalue weighted by Gasteiger charge is 2.54. The molecule has 0 amide bonds. The van der Waals surface area contributed by atoms with Crippen LogP contribution in [0.3, 0.4) is 0 Å². The Balaban J connectivity index is 1.07. The summed E-state index contributed by atoms with van der Waals surface area (Å²) in [5.74, 6) is 0. The molecule has 2 aliphatic heterocycles. The first-order valence-corrected chi connectivity index (χ1v) is 25.2. The van der Waals surface area contributed by atoms with Gasteiger partial charge in [-0.05, 0) is 45.5 Å². The molecule has 0 bridgehead atoms. The smallest absolute Gasteiger partial charge is 0.187 e. The second-order valence-electron chi connectivity index (χ2n) is 17.7. The molecule has 0 aromatic heterocycles. The predicted octanol–water partition coefficient (Wildman–Crippen LogP) is 10.7. The third-order valence-electron chi connectivity index (χ3n) is 12.4. The van der Waals surface area contributed by atoms with E-state index in [2.05, 4.69) is 0 Å². The first-order valence-electron chi connectivity index (χ1n) is 24.3. The highest BCUT2D eigenvalue weighted by molar-refractivity contribution is 7.99. The molecule has 10 atom stereocenters. The summed E-state index contributed by atoms with van der Waals surface area (Å²) in [6, 6.07) is 70.0. The summed E-state index contributed by atoms with van der Waals surface area (Å²) >= 11 is 1.51. The average Bonchev–Trinajstić information content (AvgIpc) is 3.42. The van der Waals surface area contributed by atoms with Gasteiger partial charge in [0.05, 0.1) is 52.9 Å². The van der Waals surface area contributed by atoms with Gasteiger partial charge >= 0.3 is 0 Å². The minimum absolute atomic E-state index is 0.118. The molecule has 2 aliphatic rings. The van der Waals surface area contributed by atoms with Gasteiger partial charge in [0.15, 0.2) is 6.29 Å². The maximum absolute atomic E-state index is 12.8. The summed E-state index contributed by atoms with van der Waals surface area (Å²) in [6.45, 7) is 2.03. The van der Waals surface area contributed by atoms with Crippen LogP contribution in [0.4, 0.5) is 0 Å². The van der Waals surface area contributed by atoms with Crippen molar-refractivity contribution >= 4 is 11.8 Å². The topological polar surface area (TPSA) is 103 Å². The lowest BCUT2D eigenvalue weighted by Crippen LogP contribution is -2.65. The van der Waals surface area contributed by atoms with E-state index in [1.54, 1.807) is 0 Å². The minimum atomic E-state index is -1.34. The number of benzene rings is 7. The Kier molecular flexibility index (Phi) is 19.0. The van der Waals surface area contributed by atoms with Crippen molar-refractivity contribution in [3.8, 4) is 0 Å². The van der Waals surface area contributed by atoms with Crippen LogP contribution in [0, 0.1) is 0 Å². The highest BCUT2D eigenvalue weighted by Crippen LogP contribution is 2.40. The summed E-state index contributed by atoms with van der Waals surface area (Å²) in [5, 5.41) is 12.8. The van der Waals surface area contributed by atoms with Gasteiger partial charge in [0.25, 0.3) is 0 Å². The van der Waals surface area contributed by atoms with E-state index in [0.717, 1.165) is 38.3 Å². The summed E-state index contributed by atoms with van der Waals surface area (Å²) in [4.78, 5) is 0.955. The molecule has 0 saturated carbocycles. The highest BCUT2D eigenvalue weighted by atomic mass is 32.2. The lowest BCUT2D eigenvalue weighted by atomic mass is 9.96. The number of aliphatic hydroxyl groups is 1. The van der Waals surface area contributed by atoms with Crippen LogP contribution in [-0.2, 0) is 82.3 Å². The third-order valence-corrected chi connectivity index (χ3v) is 13.6. The molecule has 11 heteroatoms. The normalized spacial score (nSPS) is 24.4. The Labute approximate surface area is 421 Å². The SMILES string of the molecule is OC1C(OC2C(Sc3ccccc3)OC(COCc3ccccc3)C(OCc3ccccc3)C2OCc2ccccc2)OC(COCc2ccccc2)C(OCc2ccccc2)C1OCc1ccccc1. The average molecular weight is 975 g/mol. The van der Waals surface area contributed by atoms with Crippen molar-refractivity contribution in [1.29, 1.82) is 0 Å². The molecule has 2 fully saturated rings. The van der Waals surface area contributed by atoms with Gasteiger partial charge in [-0.2, -0.15) is 0 Å². The molecule has 1 N–H and O–H groups in total. The fourth-order valence-corrected chi connectivity index (χ4v) is 9.90. The van der Waals surface area contributed by atoms with E-state index < -0.39 is 60.6 Å². The Hall–Kier alpha value is -5.51. The van der Waals surface area contributed by atoms with E-state index in [4.69, 9.17) is 42.6 Å². The van der Waals surface area contributed by atoms with Crippen molar-refractivity contribution in [2.24, 2.45) is 0 Å². The summed E-state index contributed by atoms with van der Waals surface area (Å²) in [7, 11) is 0. The molecule has 2 saturated heterocycles. The van der Waals surface area contributed by atoms with Gasteiger partial charge in [-0.3, -0.25) is 0 Å². The van der Waals surface area contributed by atoms with Crippen molar-refractivity contribution < 1.29 is 47.7 Å². The second kappa shape index (κ2) is 26.8. The van der Waals surface area contributed by atoms with E-state index in [1.165, 1.54) is 11.8 Å². The minimum Gasteiger partial charge on any atom is -0.385 e. The van der Waals surface area contributed by atoms with Crippen LogP contribution < -0.4 is 0 Å². The maximum atomic E-state index is 12.8. The molecule has 7 aromatic carbocycles. The zero-order valence-corrected chi connectivity index (χ0v) is 40.5. The van der Waals surface area contributed by atoms with Gasteiger partial charge < -0.3 is 47.7 Å². The Morgan fingerprint density at radius 2 is 0.676 bits per heavy atom. The molecule has 7 aromatic rings. The van der Waals surface area contributed by atoms with E-state index >= 15 is 0 Å². The zero-order valence-electron chi connectivity index (χ0n) is 39.7. The molecule has 0 spiro atoms. The largest absolute Gasteiger partial charge is 0.385 e. The zero-order chi connectivity index (χ0) is 48.3. The molecule has 0 aliphatic carbocycles. The van der Waals surface area contributed by atoms with Gasteiger partial charge in [0.1, 0.15) is 54.3 Å². The van der Waals surface area contributed by atoms with Gasteiger partial charge in [0, 0.05) is 4.90 Å². The quantitative estimate of drug-likeness (QED) is 0.0626. The van der Waals surface area contributed by atoms with E-state index in [-0.39, 0.29) is 39.6 Å². The van der Waals surface area contributed by atoms with Gasteiger partial charge in [-0.1, -0.05) is 212 Å².